The standard InChI is InChI=1S/C16H24N4O3S/c1-3-20(13-6-9-24(22,23)11-13)15(21)14-10-12(2)17-16(18-14)19-7-4-5-8-19/h10,13H,3-9,11H2,1-2H3. The topological polar surface area (TPSA) is 83.5 Å². The van der Waals surface area contributed by atoms with Crippen molar-refractivity contribution in [3.8, 4) is 0 Å². The zero-order chi connectivity index (χ0) is 17.3. The molecular weight excluding hydrogens is 328 g/mol. The Balaban J connectivity index is 1.85. The van der Waals surface area contributed by atoms with E-state index in [1.165, 1.54) is 0 Å². The van der Waals surface area contributed by atoms with Crippen molar-refractivity contribution in [1.29, 1.82) is 0 Å². The van der Waals surface area contributed by atoms with Crippen molar-refractivity contribution in [2.75, 3.05) is 36.0 Å². The highest BCUT2D eigenvalue weighted by Crippen LogP contribution is 2.21. The summed E-state index contributed by atoms with van der Waals surface area (Å²) in [6, 6.07) is 1.44. The number of carbonyl (C=O) groups excluding carboxylic acids is 1. The van der Waals surface area contributed by atoms with Crippen LogP contribution < -0.4 is 4.90 Å². The molecule has 8 heteroatoms. The number of hydrogen-bond acceptors (Lipinski definition) is 6. The fourth-order valence-corrected chi connectivity index (χ4v) is 5.19. The van der Waals surface area contributed by atoms with Crippen LogP contribution in [0.25, 0.3) is 0 Å². The quantitative estimate of drug-likeness (QED) is 0.805. The van der Waals surface area contributed by atoms with E-state index in [1.54, 1.807) is 11.0 Å². The maximum atomic E-state index is 12.9. The average molecular weight is 352 g/mol. The van der Waals surface area contributed by atoms with Gasteiger partial charge in [-0.05, 0) is 39.2 Å². The van der Waals surface area contributed by atoms with Gasteiger partial charge in [0.2, 0.25) is 5.95 Å². The highest BCUT2D eigenvalue weighted by atomic mass is 32.2. The molecule has 1 amide bonds. The lowest BCUT2D eigenvalue weighted by Crippen LogP contribution is -2.41. The molecule has 0 aliphatic carbocycles. The molecule has 2 saturated heterocycles. The molecule has 0 radical (unpaired) electrons. The van der Waals surface area contributed by atoms with Gasteiger partial charge < -0.3 is 9.80 Å². The largest absolute Gasteiger partial charge is 0.341 e. The molecule has 3 rings (SSSR count). The lowest BCUT2D eigenvalue weighted by Gasteiger charge is -2.27. The first-order valence-corrected chi connectivity index (χ1v) is 10.3. The number of anilines is 1. The van der Waals surface area contributed by atoms with Gasteiger partial charge in [0.25, 0.3) is 5.91 Å². The normalized spacial score (nSPS) is 22.8. The highest BCUT2D eigenvalue weighted by Gasteiger charge is 2.35. The number of sulfone groups is 1. The van der Waals surface area contributed by atoms with Crippen LogP contribution in [0, 0.1) is 6.92 Å². The van der Waals surface area contributed by atoms with Gasteiger partial charge in [0.15, 0.2) is 9.84 Å². The van der Waals surface area contributed by atoms with E-state index in [9.17, 15) is 13.2 Å². The second-order valence-corrected chi connectivity index (χ2v) is 8.77. The third-order valence-electron chi connectivity index (χ3n) is 4.70. The van der Waals surface area contributed by atoms with Crippen molar-refractivity contribution in [3.63, 3.8) is 0 Å². The second kappa shape index (κ2) is 6.66. The van der Waals surface area contributed by atoms with Gasteiger partial charge in [-0.1, -0.05) is 0 Å². The minimum absolute atomic E-state index is 0.0512. The molecule has 1 unspecified atom stereocenters. The Hall–Kier alpha value is -1.70. The Morgan fingerprint density at radius 1 is 1.33 bits per heavy atom. The van der Waals surface area contributed by atoms with Crippen molar-refractivity contribution in [2.45, 2.75) is 39.2 Å². The summed E-state index contributed by atoms with van der Waals surface area (Å²) in [5, 5.41) is 0. The van der Waals surface area contributed by atoms with E-state index < -0.39 is 9.84 Å². The summed E-state index contributed by atoms with van der Waals surface area (Å²) in [5.74, 6) is 0.607. The number of rotatable bonds is 4. The fraction of sp³-hybridized carbons (Fsp3) is 0.688. The Morgan fingerprint density at radius 3 is 2.62 bits per heavy atom. The molecule has 3 heterocycles. The lowest BCUT2D eigenvalue weighted by molar-refractivity contribution is 0.0702. The van der Waals surface area contributed by atoms with Crippen LogP contribution in [0.3, 0.4) is 0 Å². The monoisotopic (exact) mass is 352 g/mol. The molecule has 2 aliphatic rings. The van der Waals surface area contributed by atoms with E-state index in [4.69, 9.17) is 0 Å². The molecule has 1 aromatic heterocycles. The molecule has 2 aliphatic heterocycles. The van der Waals surface area contributed by atoms with Crippen LogP contribution in [-0.2, 0) is 9.84 Å². The molecule has 0 spiro atoms. The molecular formula is C16H24N4O3S. The minimum atomic E-state index is -3.03. The van der Waals surface area contributed by atoms with Crippen LogP contribution in [0.1, 0.15) is 42.4 Å². The first-order valence-electron chi connectivity index (χ1n) is 8.51. The molecule has 0 N–H and O–H groups in total. The fourth-order valence-electron chi connectivity index (χ4n) is 3.46. The molecule has 132 valence electrons. The van der Waals surface area contributed by atoms with Crippen molar-refractivity contribution in [1.82, 2.24) is 14.9 Å². The van der Waals surface area contributed by atoms with Gasteiger partial charge in [0.1, 0.15) is 5.69 Å². The van der Waals surface area contributed by atoms with Crippen LogP contribution in [0.5, 0.6) is 0 Å². The third-order valence-corrected chi connectivity index (χ3v) is 6.45. The van der Waals surface area contributed by atoms with Gasteiger partial charge >= 0.3 is 0 Å². The molecule has 0 bridgehead atoms. The van der Waals surface area contributed by atoms with Gasteiger partial charge in [0.05, 0.1) is 11.5 Å². The molecule has 1 aromatic rings. The van der Waals surface area contributed by atoms with Crippen molar-refractivity contribution in [3.05, 3.63) is 17.5 Å². The zero-order valence-corrected chi connectivity index (χ0v) is 15.0. The van der Waals surface area contributed by atoms with Gasteiger partial charge in [0, 0.05) is 31.4 Å². The number of aromatic nitrogens is 2. The smallest absolute Gasteiger partial charge is 0.272 e. The predicted octanol–water partition coefficient (Wildman–Crippen LogP) is 1.03. The Labute approximate surface area is 143 Å². The molecule has 1 atom stereocenters. The summed E-state index contributed by atoms with van der Waals surface area (Å²) in [6.45, 7) is 6.03. The van der Waals surface area contributed by atoms with E-state index in [1.807, 2.05) is 13.8 Å². The maximum Gasteiger partial charge on any atom is 0.272 e. The van der Waals surface area contributed by atoms with Gasteiger partial charge in [-0.25, -0.2) is 18.4 Å². The molecule has 2 fully saturated rings. The van der Waals surface area contributed by atoms with E-state index in [0.29, 0.717) is 24.6 Å². The van der Waals surface area contributed by atoms with Crippen molar-refractivity contribution in [2.24, 2.45) is 0 Å². The summed E-state index contributed by atoms with van der Waals surface area (Å²) in [7, 11) is -3.03. The predicted molar refractivity (Wildman–Crippen MR) is 92.0 cm³/mol. The van der Waals surface area contributed by atoms with Crippen LogP contribution >= 0.6 is 0 Å². The Kier molecular flexibility index (Phi) is 4.76. The van der Waals surface area contributed by atoms with E-state index >= 15 is 0 Å². The molecule has 0 aromatic carbocycles. The Morgan fingerprint density at radius 2 is 2.04 bits per heavy atom. The lowest BCUT2D eigenvalue weighted by atomic mass is 10.2. The van der Waals surface area contributed by atoms with E-state index in [-0.39, 0.29) is 23.5 Å². The zero-order valence-electron chi connectivity index (χ0n) is 14.2. The van der Waals surface area contributed by atoms with Crippen LogP contribution in [0.2, 0.25) is 0 Å². The Bertz CT molecular complexity index is 729. The summed E-state index contributed by atoms with van der Waals surface area (Å²) >= 11 is 0. The number of aryl methyl sites for hydroxylation is 1. The summed E-state index contributed by atoms with van der Waals surface area (Å²) in [5.41, 5.74) is 1.11. The molecule has 0 saturated carbocycles. The SMILES string of the molecule is CCN(C(=O)c1cc(C)nc(N2CCCC2)n1)C1CCS(=O)(=O)C1. The van der Waals surface area contributed by atoms with Gasteiger partial charge in [-0.15, -0.1) is 0 Å². The first-order chi connectivity index (χ1) is 11.4. The second-order valence-electron chi connectivity index (χ2n) is 6.54. The van der Waals surface area contributed by atoms with Gasteiger partial charge in [-0.2, -0.15) is 0 Å². The summed E-state index contributed by atoms with van der Waals surface area (Å²) in [4.78, 5) is 25.6. The number of carbonyl (C=O) groups is 1. The van der Waals surface area contributed by atoms with Crippen molar-refractivity contribution >= 4 is 21.7 Å². The highest BCUT2D eigenvalue weighted by molar-refractivity contribution is 7.91. The van der Waals surface area contributed by atoms with E-state index in [2.05, 4.69) is 14.9 Å². The average Bonchev–Trinajstić information content (AvgIpc) is 3.17. The summed E-state index contributed by atoms with van der Waals surface area (Å²) < 4.78 is 23.5. The molecule has 24 heavy (non-hydrogen) atoms. The van der Waals surface area contributed by atoms with Gasteiger partial charge in [-0.3, -0.25) is 4.79 Å². The van der Waals surface area contributed by atoms with E-state index in [0.717, 1.165) is 31.6 Å². The third kappa shape index (κ3) is 3.53. The number of nitrogens with zero attached hydrogens (tertiary/aromatic N) is 4. The number of hydrogen-bond donors (Lipinski definition) is 0. The minimum Gasteiger partial charge on any atom is -0.341 e. The first kappa shape index (κ1) is 17.1. The van der Waals surface area contributed by atoms with Crippen molar-refractivity contribution < 1.29 is 13.2 Å². The van der Waals surface area contributed by atoms with Crippen LogP contribution in [-0.4, -0.2) is 66.4 Å². The summed E-state index contributed by atoms with van der Waals surface area (Å²) in [6.07, 6.45) is 2.73. The van der Waals surface area contributed by atoms with Crippen LogP contribution in [0.15, 0.2) is 6.07 Å². The number of amides is 1. The molecule has 7 nitrogen and oxygen atoms in total. The van der Waals surface area contributed by atoms with Crippen LogP contribution in [0.4, 0.5) is 5.95 Å². The maximum absolute atomic E-state index is 12.9.